The first-order valence-electron chi connectivity index (χ1n) is 10.4. The fourth-order valence-corrected chi connectivity index (χ4v) is 3.53. The van der Waals surface area contributed by atoms with Crippen LogP contribution in [-0.2, 0) is 17.9 Å². The van der Waals surface area contributed by atoms with Crippen LogP contribution >= 0.6 is 11.3 Å². The van der Waals surface area contributed by atoms with Gasteiger partial charge in [-0.05, 0) is 37.3 Å². The zero-order valence-electron chi connectivity index (χ0n) is 18.6. The van der Waals surface area contributed by atoms with Gasteiger partial charge >= 0.3 is 6.36 Å². The Bertz CT molecular complexity index is 1140. The van der Waals surface area contributed by atoms with Crippen LogP contribution in [0, 0.1) is 0 Å². The van der Waals surface area contributed by atoms with Gasteiger partial charge in [0.25, 0.3) is 11.8 Å². The summed E-state index contributed by atoms with van der Waals surface area (Å²) >= 11 is 1.22. The molecule has 8 nitrogen and oxygen atoms in total. The number of nitrogens with zero attached hydrogens (tertiary/aromatic N) is 1. The first-order chi connectivity index (χ1) is 16.7. The van der Waals surface area contributed by atoms with Crippen LogP contribution in [0.5, 0.6) is 17.2 Å². The Balaban J connectivity index is 1.42. The van der Waals surface area contributed by atoms with E-state index in [9.17, 15) is 22.8 Å². The number of carbonyl (C=O) groups excluding carboxylic acids is 2. The molecule has 0 bridgehead atoms. The van der Waals surface area contributed by atoms with Gasteiger partial charge < -0.3 is 24.8 Å². The SMILES string of the molecule is CCOc1ccccc1CNC(=O)c1csc(CNC(=O)COc2ccc(OC(F)(F)F)cc2)n1. The Kier molecular flexibility index (Phi) is 8.90. The molecule has 2 amide bonds. The fourth-order valence-electron chi connectivity index (χ4n) is 2.82. The minimum absolute atomic E-state index is 0.0890. The minimum atomic E-state index is -4.78. The van der Waals surface area contributed by atoms with E-state index in [1.54, 1.807) is 5.38 Å². The van der Waals surface area contributed by atoms with Gasteiger partial charge in [-0.3, -0.25) is 9.59 Å². The summed E-state index contributed by atoms with van der Waals surface area (Å²) < 4.78 is 51.1. The molecule has 35 heavy (non-hydrogen) atoms. The lowest BCUT2D eigenvalue weighted by molar-refractivity contribution is -0.274. The van der Waals surface area contributed by atoms with Gasteiger partial charge in [0.15, 0.2) is 6.61 Å². The summed E-state index contributed by atoms with van der Waals surface area (Å²) in [5.74, 6) is -0.309. The van der Waals surface area contributed by atoms with Crippen molar-refractivity contribution in [3.8, 4) is 17.2 Å². The number of amides is 2. The predicted molar refractivity (Wildman–Crippen MR) is 121 cm³/mol. The fraction of sp³-hybridized carbons (Fsp3) is 0.261. The molecular formula is C23H22F3N3O5S. The number of hydrogen-bond acceptors (Lipinski definition) is 7. The maximum absolute atomic E-state index is 12.4. The van der Waals surface area contributed by atoms with Gasteiger partial charge in [0.1, 0.15) is 28.0 Å². The van der Waals surface area contributed by atoms with Crippen molar-refractivity contribution in [1.82, 2.24) is 15.6 Å². The topological polar surface area (TPSA) is 98.8 Å². The molecular weight excluding hydrogens is 487 g/mol. The number of rotatable bonds is 11. The van der Waals surface area contributed by atoms with Gasteiger partial charge in [0.05, 0.1) is 13.2 Å². The average molecular weight is 510 g/mol. The second-order valence-electron chi connectivity index (χ2n) is 6.93. The summed E-state index contributed by atoms with van der Waals surface area (Å²) in [6.07, 6.45) is -4.78. The summed E-state index contributed by atoms with van der Waals surface area (Å²) in [6, 6.07) is 12.1. The Morgan fingerprint density at radius 1 is 0.971 bits per heavy atom. The van der Waals surface area contributed by atoms with Crippen LogP contribution in [0.25, 0.3) is 0 Å². The maximum Gasteiger partial charge on any atom is 0.573 e. The summed E-state index contributed by atoms with van der Waals surface area (Å²) in [5, 5.41) is 7.51. The normalized spacial score (nSPS) is 11.0. The number of ether oxygens (including phenoxy) is 3. The van der Waals surface area contributed by atoms with Crippen molar-refractivity contribution in [3.05, 3.63) is 70.2 Å². The predicted octanol–water partition coefficient (Wildman–Crippen LogP) is 4.07. The minimum Gasteiger partial charge on any atom is -0.494 e. The van der Waals surface area contributed by atoms with Gasteiger partial charge in [0.2, 0.25) is 0 Å². The van der Waals surface area contributed by atoms with E-state index in [2.05, 4.69) is 20.4 Å². The lowest BCUT2D eigenvalue weighted by Gasteiger charge is -2.10. The summed E-state index contributed by atoms with van der Waals surface area (Å²) in [6.45, 7) is 2.41. The van der Waals surface area contributed by atoms with Gasteiger partial charge in [-0.15, -0.1) is 24.5 Å². The van der Waals surface area contributed by atoms with Gasteiger partial charge in [-0.2, -0.15) is 0 Å². The standard InChI is InChI=1S/C23H22F3N3O5S/c1-2-32-19-6-4-3-5-15(19)11-28-22(31)18-14-35-21(29-18)12-27-20(30)13-33-16-7-9-17(10-8-16)34-23(24,25)26/h3-10,14H,2,11-13H2,1H3,(H,27,30)(H,28,31). The number of thiazole rings is 1. The third kappa shape index (κ3) is 8.49. The van der Waals surface area contributed by atoms with E-state index in [-0.39, 0.29) is 37.0 Å². The highest BCUT2D eigenvalue weighted by molar-refractivity contribution is 7.09. The number of alkyl halides is 3. The molecule has 0 spiro atoms. The summed E-state index contributed by atoms with van der Waals surface area (Å²) in [7, 11) is 0. The van der Waals surface area contributed by atoms with Crippen LogP contribution in [0.4, 0.5) is 13.2 Å². The van der Waals surface area contributed by atoms with Gasteiger partial charge in [0, 0.05) is 17.5 Å². The van der Waals surface area contributed by atoms with E-state index in [1.165, 1.54) is 23.5 Å². The molecule has 12 heteroatoms. The Hall–Kier alpha value is -3.80. The largest absolute Gasteiger partial charge is 0.573 e. The van der Waals surface area contributed by atoms with E-state index in [1.807, 2.05) is 31.2 Å². The molecule has 0 aliphatic heterocycles. The van der Waals surface area contributed by atoms with Crippen molar-refractivity contribution < 1.29 is 37.0 Å². The molecule has 0 aliphatic rings. The molecule has 186 valence electrons. The molecule has 0 atom stereocenters. The van der Waals surface area contributed by atoms with Crippen LogP contribution in [0.3, 0.4) is 0 Å². The molecule has 2 N–H and O–H groups in total. The zero-order chi connectivity index (χ0) is 25.3. The molecule has 0 fully saturated rings. The summed E-state index contributed by atoms with van der Waals surface area (Å²) in [4.78, 5) is 28.6. The Morgan fingerprint density at radius 3 is 2.40 bits per heavy atom. The highest BCUT2D eigenvalue weighted by atomic mass is 32.1. The Labute approximate surface area is 203 Å². The summed E-state index contributed by atoms with van der Waals surface area (Å²) in [5.41, 5.74) is 1.07. The number of para-hydroxylation sites is 1. The molecule has 0 saturated heterocycles. The van der Waals surface area contributed by atoms with E-state index in [4.69, 9.17) is 9.47 Å². The number of carbonyl (C=O) groups is 2. The second kappa shape index (κ2) is 12.1. The van der Waals surface area contributed by atoms with E-state index in [0.29, 0.717) is 17.4 Å². The number of nitrogens with one attached hydrogen (secondary N) is 2. The van der Waals surface area contributed by atoms with Crippen LogP contribution in [0.1, 0.15) is 28.0 Å². The van der Waals surface area contributed by atoms with E-state index < -0.39 is 18.0 Å². The number of halogens is 3. The zero-order valence-corrected chi connectivity index (χ0v) is 19.4. The van der Waals surface area contributed by atoms with E-state index in [0.717, 1.165) is 17.7 Å². The first kappa shape index (κ1) is 25.8. The van der Waals surface area contributed by atoms with Crippen molar-refractivity contribution in [1.29, 1.82) is 0 Å². The maximum atomic E-state index is 12.4. The van der Waals surface area contributed by atoms with Crippen LogP contribution in [0.15, 0.2) is 53.9 Å². The van der Waals surface area contributed by atoms with Crippen molar-refractivity contribution in [2.45, 2.75) is 26.4 Å². The molecule has 1 aromatic heterocycles. The van der Waals surface area contributed by atoms with Crippen molar-refractivity contribution in [2.75, 3.05) is 13.2 Å². The lowest BCUT2D eigenvalue weighted by Crippen LogP contribution is -2.28. The van der Waals surface area contributed by atoms with Crippen LogP contribution in [-0.4, -0.2) is 36.4 Å². The smallest absolute Gasteiger partial charge is 0.494 e. The molecule has 0 radical (unpaired) electrons. The highest BCUT2D eigenvalue weighted by Gasteiger charge is 2.31. The average Bonchev–Trinajstić information content (AvgIpc) is 3.30. The van der Waals surface area contributed by atoms with Crippen molar-refractivity contribution in [2.24, 2.45) is 0 Å². The number of benzene rings is 2. The van der Waals surface area contributed by atoms with Gasteiger partial charge in [-0.1, -0.05) is 18.2 Å². The molecule has 3 aromatic rings. The highest BCUT2D eigenvalue weighted by Crippen LogP contribution is 2.24. The molecule has 0 saturated carbocycles. The third-order valence-electron chi connectivity index (χ3n) is 4.36. The molecule has 2 aromatic carbocycles. The first-order valence-corrected chi connectivity index (χ1v) is 11.3. The molecule has 0 unspecified atom stereocenters. The quantitative estimate of drug-likeness (QED) is 0.405. The van der Waals surface area contributed by atoms with Crippen molar-refractivity contribution >= 4 is 23.2 Å². The second-order valence-corrected chi connectivity index (χ2v) is 7.88. The van der Waals surface area contributed by atoms with Crippen LogP contribution < -0.4 is 24.8 Å². The molecule has 0 aliphatic carbocycles. The van der Waals surface area contributed by atoms with Crippen LogP contribution in [0.2, 0.25) is 0 Å². The third-order valence-corrected chi connectivity index (χ3v) is 5.21. The molecule has 3 rings (SSSR count). The van der Waals surface area contributed by atoms with E-state index >= 15 is 0 Å². The monoisotopic (exact) mass is 509 g/mol. The lowest BCUT2D eigenvalue weighted by atomic mass is 10.2. The molecule has 1 heterocycles. The number of hydrogen-bond donors (Lipinski definition) is 2. The van der Waals surface area contributed by atoms with Gasteiger partial charge in [-0.25, -0.2) is 4.98 Å². The Morgan fingerprint density at radius 2 is 1.69 bits per heavy atom. The number of aromatic nitrogens is 1. The van der Waals surface area contributed by atoms with Crippen molar-refractivity contribution in [3.63, 3.8) is 0 Å².